The van der Waals surface area contributed by atoms with Crippen molar-refractivity contribution in [3.8, 4) is 0 Å². The Hall–Kier alpha value is -1.09. The maximum absolute atomic E-state index is 13.8. The number of benzene rings is 1. The van der Waals surface area contributed by atoms with Gasteiger partial charge in [-0.05, 0) is 55.4 Å². The van der Waals surface area contributed by atoms with Crippen LogP contribution in [0.4, 0.5) is 10.1 Å². The molecule has 1 aliphatic heterocycles. The first kappa shape index (κ1) is 14.3. The van der Waals surface area contributed by atoms with Crippen LogP contribution in [-0.2, 0) is 0 Å². The van der Waals surface area contributed by atoms with Crippen LogP contribution in [-0.4, -0.2) is 13.1 Å². The molecule has 0 saturated carbocycles. The van der Waals surface area contributed by atoms with E-state index < -0.39 is 0 Å². The quantitative estimate of drug-likeness (QED) is 0.880. The first-order chi connectivity index (χ1) is 8.80. The summed E-state index contributed by atoms with van der Waals surface area (Å²) in [6.07, 6.45) is 2.43. The first-order valence-electron chi connectivity index (χ1n) is 7.11. The summed E-state index contributed by atoms with van der Waals surface area (Å²) >= 11 is 0. The Morgan fingerprint density at radius 1 is 1.37 bits per heavy atom. The highest BCUT2D eigenvalue weighted by Crippen LogP contribution is 2.35. The van der Waals surface area contributed by atoms with E-state index >= 15 is 0 Å². The Labute approximate surface area is 115 Å². The van der Waals surface area contributed by atoms with Crippen molar-refractivity contribution in [1.82, 2.24) is 0 Å². The average molecular weight is 264 g/mol. The van der Waals surface area contributed by atoms with Crippen molar-refractivity contribution in [2.24, 2.45) is 11.1 Å². The third-order valence-corrected chi connectivity index (χ3v) is 4.04. The van der Waals surface area contributed by atoms with Crippen LogP contribution < -0.4 is 10.6 Å². The normalized spacial score (nSPS) is 20.4. The number of nitrogens with zero attached hydrogens (tertiary/aromatic N) is 1. The molecule has 1 aliphatic rings. The van der Waals surface area contributed by atoms with Crippen LogP contribution in [0, 0.1) is 18.2 Å². The maximum Gasteiger partial charge on any atom is 0.126 e. The van der Waals surface area contributed by atoms with Gasteiger partial charge in [0, 0.05) is 24.8 Å². The molecule has 1 fully saturated rings. The lowest BCUT2D eigenvalue weighted by atomic mass is 9.83. The fraction of sp³-hybridized carbons (Fsp3) is 0.625. The summed E-state index contributed by atoms with van der Waals surface area (Å²) in [7, 11) is 0. The topological polar surface area (TPSA) is 29.3 Å². The molecule has 19 heavy (non-hydrogen) atoms. The third-order valence-electron chi connectivity index (χ3n) is 4.04. The van der Waals surface area contributed by atoms with Crippen LogP contribution >= 0.6 is 0 Å². The van der Waals surface area contributed by atoms with Gasteiger partial charge in [0.25, 0.3) is 0 Å². The molecule has 0 amide bonds. The van der Waals surface area contributed by atoms with Gasteiger partial charge < -0.3 is 10.6 Å². The Kier molecular flexibility index (Phi) is 3.86. The highest BCUT2D eigenvalue weighted by atomic mass is 19.1. The van der Waals surface area contributed by atoms with Crippen molar-refractivity contribution in [2.45, 2.75) is 46.6 Å². The number of rotatable bonds is 2. The van der Waals surface area contributed by atoms with Gasteiger partial charge in [-0.25, -0.2) is 4.39 Å². The predicted octanol–water partition coefficient (Wildman–Crippen LogP) is 3.78. The van der Waals surface area contributed by atoms with Gasteiger partial charge >= 0.3 is 0 Å². The van der Waals surface area contributed by atoms with Gasteiger partial charge in [-0.1, -0.05) is 13.8 Å². The monoisotopic (exact) mass is 264 g/mol. The minimum atomic E-state index is -0.160. The van der Waals surface area contributed by atoms with Crippen molar-refractivity contribution in [3.63, 3.8) is 0 Å². The van der Waals surface area contributed by atoms with Crippen molar-refractivity contribution in [1.29, 1.82) is 0 Å². The summed E-state index contributed by atoms with van der Waals surface area (Å²) in [5.74, 6) is -0.160. The molecular weight excluding hydrogens is 239 g/mol. The first-order valence-corrected chi connectivity index (χ1v) is 7.11. The van der Waals surface area contributed by atoms with Crippen LogP contribution in [0.3, 0.4) is 0 Å². The molecule has 0 radical (unpaired) electrons. The molecule has 2 N–H and O–H groups in total. The molecule has 1 saturated heterocycles. The zero-order valence-electron chi connectivity index (χ0n) is 12.5. The fourth-order valence-electron chi connectivity index (χ4n) is 2.95. The molecule has 1 heterocycles. The zero-order chi connectivity index (χ0) is 14.2. The Morgan fingerprint density at radius 3 is 2.63 bits per heavy atom. The molecule has 3 heteroatoms. The lowest BCUT2D eigenvalue weighted by Gasteiger charge is -2.40. The van der Waals surface area contributed by atoms with E-state index in [0.717, 1.165) is 24.3 Å². The number of hydrogen-bond donors (Lipinski definition) is 1. The van der Waals surface area contributed by atoms with Crippen molar-refractivity contribution >= 4 is 5.69 Å². The molecule has 2 nitrogen and oxygen atoms in total. The molecule has 0 spiro atoms. The summed E-state index contributed by atoms with van der Waals surface area (Å²) in [6.45, 7) is 10.4. The lowest BCUT2D eigenvalue weighted by molar-refractivity contribution is 0.292. The van der Waals surface area contributed by atoms with E-state index in [1.165, 1.54) is 12.8 Å². The van der Waals surface area contributed by atoms with Gasteiger partial charge in [0.15, 0.2) is 0 Å². The van der Waals surface area contributed by atoms with E-state index in [0.29, 0.717) is 11.0 Å². The number of aryl methyl sites for hydroxylation is 1. The van der Waals surface area contributed by atoms with E-state index in [-0.39, 0.29) is 11.9 Å². The summed E-state index contributed by atoms with van der Waals surface area (Å²) in [4.78, 5) is 2.37. The molecule has 2 rings (SSSR count). The Balaban J connectivity index is 2.40. The van der Waals surface area contributed by atoms with Gasteiger partial charge in [0.05, 0.1) is 0 Å². The molecule has 1 aromatic carbocycles. The van der Waals surface area contributed by atoms with Crippen molar-refractivity contribution < 1.29 is 4.39 Å². The summed E-state index contributed by atoms with van der Waals surface area (Å²) in [5, 5.41) is 0. The number of nitrogens with two attached hydrogens (primary N) is 1. The fourth-order valence-corrected chi connectivity index (χ4v) is 2.95. The van der Waals surface area contributed by atoms with Gasteiger partial charge in [-0.15, -0.1) is 0 Å². The van der Waals surface area contributed by atoms with Crippen LogP contribution in [0.2, 0.25) is 0 Å². The Bertz CT molecular complexity index is 466. The third kappa shape index (κ3) is 3.08. The summed E-state index contributed by atoms with van der Waals surface area (Å²) in [5.41, 5.74) is 9.06. The van der Waals surface area contributed by atoms with Crippen molar-refractivity contribution in [3.05, 3.63) is 29.1 Å². The smallest absolute Gasteiger partial charge is 0.126 e. The SMILES string of the molecule is Cc1cc(N2CCCC(C)(C)C2)c(C(C)N)cc1F. The number of anilines is 1. The maximum atomic E-state index is 13.8. The van der Waals surface area contributed by atoms with E-state index in [1.54, 1.807) is 6.07 Å². The van der Waals surface area contributed by atoms with Gasteiger partial charge in [0.2, 0.25) is 0 Å². The Morgan fingerprint density at radius 2 is 2.05 bits per heavy atom. The average Bonchev–Trinajstić information content (AvgIpc) is 2.30. The second kappa shape index (κ2) is 5.12. The van der Waals surface area contributed by atoms with Gasteiger partial charge in [-0.2, -0.15) is 0 Å². The summed E-state index contributed by atoms with van der Waals surface area (Å²) in [6, 6.07) is 3.42. The highest BCUT2D eigenvalue weighted by molar-refractivity contribution is 5.57. The van der Waals surface area contributed by atoms with E-state index in [4.69, 9.17) is 5.73 Å². The van der Waals surface area contributed by atoms with Crippen molar-refractivity contribution in [2.75, 3.05) is 18.0 Å². The lowest BCUT2D eigenvalue weighted by Crippen LogP contribution is -2.40. The molecule has 1 unspecified atom stereocenters. The van der Waals surface area contributed by atoms with Gasteiger partial charge in [0.1, 0.15) is 5.82 Å². The second-order valence-corrected chi connectivity index (χ2v) is 6.64. The number of piperidine rings is 1. The van der Waals surface area contributed by atoms with Crippen LogP contribution in [0.25, 0.3) is 0 Å². The largest absolute Gasteiger partial charge is 0.371 e. The predicted molar refractivity (Wildman–Crippen MR) is 79.0 cm³/mol. The number of halogens is 1. The molecule has 1 aromatic rings. The van der Waals surface area contributed by atoms with Crippen LogP contribution in [0.5, 0.6) is 0 Å². The summed E-state index contributed by atoms with van der Waals surface area (Å²) < 4.78 is 13.8. The molecule has 1 atom stereocenters. The van der Waals surface area contributed by atoms with E-state index in [1.807, 2.05) is 19.9 Å². The van der Waals surface area contributed by atoms with E-state index in [9.17, 15) is 4.39 Å². The molecule has 106 valence electrons. The standard InChI is InChI=1S/C16H25FN2/c1-11-8-15(13(12(2)18)9-14(11)17)19-7-5-6-16(3,4)10-19/h8-9,12H,5-7,10,18H2,1-4H3. The van der Waals surface area contributed by atoms with Gasteiger partial charge in [-0.3, -0.25) is 0 Å². The highest BCUT2D eigenvalue weighted by Gasteiger charge is 2.28. The minimum Gasteiger partial charge on any atom is -0.371 e. The van der Waals surface area contributed by atoms with E-state index in [2.05, 4.69) is 18.7 Å². The minimum absolute atomic E-state index is 0.143. The molecular formula is C16H25FN2. The number of hydrogen-bond acceptors (Lipinski definition) is 2. The molecule has 0 aromatic heterocycles. The zero-order valence-corrected chi connectivity index (χ0v) is 12.5. The molecule has 0 aliphatic carbocycles. The molecule has 0 bridgehead atoms. The van der Waals surface area contributed by atoms with Crippen LogP contribution in [0.15, 0.2) is 12.1 Å². The second-order valence-electron chi connectivity index (χ2n) is 6.64. The van der Waals surface area contributed by atoms with Crippen LogP contribution in [0.1, 0.15) is 50.8 Å².